The molecule has 2 amide bonds. The van der Waals surface area contributed by atoms with Gasteiger partial charge in [-0.25, -0.2) is 0 Å². The molecule has 0 radical (unpaired) electrons. The van der Waals surface area contributed by atoms with E-state index in [2.05, 4.69) is 5.10 Å². The van der Waals surface area contributed by atoms with Crippen molar-refractivity contribution in [2.45, 2.75) is 25.2 Å². The van der Waals surface area contributed by atoms with Crippen LogP contribution in [0.2, 0.25) is 0 Å². The highest BCUT2D eigenvalue weighted by atomic mass is 16.5. The molecule has 0 aliphatic carbocycles. The lowest BCUT2D eigenvalue weighted by atomic mass is 9.93. The molecule has 1 aromatic heterocycles. The third-order valence-electron chi connectivity index (χ3n) is 5.74. The zero-order valence-electron chi connectivity index (χ0n) is 16.4. The van der Waals surface area contributed by atoms with Crippen LogP contribution in [0, 0.1) is 5.92 Å². The molecule has 0 spiro atoms. The number of benzene rings is 1. The first kappa shape index (κ1) is 18.5. The van der Waals surface area contributed by atoms with E-state index in [0.29, 0.717) is 13.1 Å². The van der Waals surface area contributed by atoms with Crippen molar-refractivity contribution in [3.05, 3.63) is 42.2 Å². The first-order chi connectivity index (χ1) is 13.5. The van der Waals surface area contributed by atoms with Crippen molar-refractivity contribution in [2.75, 3.05) is 31.6 Å². The van der Waals surface area contributed by atoms with Crippen molar-refractivity contribution in [3.63, 3.8) is 0 Å². The van der Waals surface area contributed by atoms with E-state index in [-0.39, 0.29) is 30.1 Å². The number of rotatable bonds is 4. The van der Waals surface area contributed by atoms with E-state index in [9.17, 15) is 9.59 Å². The zero-order chi connectivity index (χ0) is 19.7. The number of hydrogen-bond acceptors (Lipinski definition) is 4. The molecule has 2 aliphatic rings. The minimum Gasteiger partial charge on any atom is -0.497 e. The van der Waals surface area contributed by atoms with E-state index < -0.39 is 0 Å². The maximum absolute atomic E-state index is 13.1. The van der Waals surface area contributed by atoms with Crippen LogP contribution in [0.4, 0.5) is 5.69 Å². The van der Waals surface area contributed by atoms with E-state index in [1.54, 1.807) is 16.7 Å². The summed E-state index contributed by atoms with van der Waals surface area (Å²) in [5.74, 6) is 0.828. The number of methoxy groups -OCH3 is 1. The summed E-state index contributed by atoms with van der Waals surface area (Å²) in [4.78, 5) is 29.3. The second-order valence-electron chi connectivity index (χ2n) is 7.64. The second kappa shape index (κ2) is 7.66. The van der Waals surface area contributed by atoms with Gasteiger partial charge in [-0.05, 0) is 43.2 Å². The molecule has 2 aromatic rings. The summed E-state index contributed by atoms with van der Waals surface area (Å²) in [5.41, 5.74) is 1.86. The maximum Gasteiger partial charge on any atom is 0.228 e. The van der Waals surface area contributed by atoms with Gasteiger partial charge < -0.3 is 14.5 Å². The van der Waals surface area contributed by atoms with Crippen molar-refractivity contribution < 1.29 is 14.3 Å². The summed E-state index contributed by atoms with van der Waals surface area (Å²) < 4.78 is 6.98. The summed E-state index contributed by atoms with van der Waals surface area (Å²) >= 11 is 0. The third kappa shape index (κ3) is 3.61. The van der Waals surface area contributed by atoms with Gasteiger partial charge >= 0.3 is 0 Å². The average Bonchev–Trinajstić information content (AvgIpc) is 3.33. The fraction of sp³-hybridized carbons (Fsp3) is 0.476. The van der Waals surface area contributed by atoms with Crippen LogP contribution in [-0.4, -0.2) is 53.2 Å². The Bertz CT molecular complexity index is 861. The van der Waals surface area contributed by atoms with Crippen LogP contribution in [0.1, 0.15) is 30.9 Å². The van der Waals surface area contributed by atoms with Crippen molar-refractivity contribution >= 4 is 17.5 Å². The smallest absolute Gasteiger partial charge is 0.228 e. The van der Waals surface area contributed by atoms with E-state index in [4.69, 9.17) is 4.74 Å². The molecule has 2 aliphatic heterocycles. The molecule has 2 fully saturated rings. The largest absolute Gasteiger partial charge is 0.497 e. The van der Waals surface area contributed by atoms with Gasteiger partial charge in [0.15, 0.2) is 0 Å². The van der Waals surface area contributed by atoms with Crippen molar-refractivity contribution in [3.8, 4) is 5.75 Å². The van der Waals surface area contributed by atoms with Crippen LogP contribution in [0.25, 0.3) is 0 Å². The molecule has 0 bridgehead atoms. The topological polar surface area (TPSA) is 67.7 Å². The number of aryl methyl sites for hydroxylation is 1. The minimum atomic E-state index is -0.280. The summed E-state index contributed by atoms with van der Waals surface area (Å²) in [6.45, 7) is 1.88. The van der Waals surface area contributed by atoms with E-state index in [1.807, 2.05) is 48.5 Å². The lowest BCUT2D eigenvalue weighted by Crippen LogP contribution is -2.43. The molecular formula is C21H26N4O3. The number of piperidine rings is 1. The highest BCUT2D eigenvalue weighted by Crippen LogP contribution is 2.31. The number of likely N-dealkylation sites (tertiary alicyclic amines) is 1. The van der Waals surface area contributed by atoms with Crippen LogP contribution in [0.3, 0.4) is 0 Å². The Morgan fingerprint density at radius 1 is 1.18 bits per heavy atom. The molecular weight excluding hydrogens is 356 g/mol. The summed E-state index contributed by atoms with van der Waals surface area (Å²) in [6, 6.07) is 9.42. The van der Waals surface area contributed by atoms with Crippen LogP contribution >= 0.6 is 0 Å². The van der Waals surface area contributed by atoms with Gasteiger partial charge in [0.2, 0.25) is 11.8 Å². The van der Waals surface area contributed by atoms with Crippen LogP contribution in [0.5, 0.6) is 5.75 Å². The quantitative estimate of drug-likeness (QED) is 0.813. The normalized spacial score (nSPS) is 22.6. The Hall–Kier alpha value is -2.83. The number of aromatic nitrogens is 2. The van der Waals surface area contributed by atoms with Gasteiger partial charge in [-0.3, -0.25) is 14.3 Å². The fourth-order valence-corrected chi connectivity index (χ4v) is 4.21. The molecule has 0 unspecified atom stereocenters. The first-order valence-electron chi connectivity index (χ1n) is 9.78. The molecule has 1 aromatic carbocycles. The number of ether oxygens (including phenoxy) is 1. The second-order valence-corrected chi connectivity index (χ2v) is 7.64. The third-order valence-corrected chi connectivity index (χ3v) is 5.74. The van der Waals surface area contributed by atoms with Crippen molar-refractivity contribution in [1.29, 1.82) is 0 Å². The van der Waals surface area contributed by atoms with Crippen LogP contribution in [-0.2, 0) is 16.6 Å². The number of nitrogens with zero attached hydrogens (tertiary/aromatic N) is 4. The van der Waals surface area contributed by atoms with Gasteiger partial charge in [-0.1, -0.05) is 0 Å². The molecule has 28 heavy (non-hydrogen) atoms. The van der Waals surface area contributed by atoms with E-state index >= 15 is 0 Å². The number of carbonyl (C=O) groups is 2. The van der Waals surface area contributed by atoms with E-state index in [1.165, 1.54) is 0 Å². The van der Waals surface area contributed by atoms with E-state index in [0.717, 1.165) is 36.5 Å². The maximum atomic E-state index is 13.1. The Labute approximate surface area is 164 Å². The molecule has 2 saturated heterocycles. The summed E-state index contributed by atoms with van der Waals surface area (Å²) in [6.07, 6.45) is 4.23. The molecule has 7 heteroatoms. The molecule has 7 nitrogen and oxygen atoms in total. The fourth-order valence-electron chi connectivity index (χ4n) is 4.21. The molecule has 0 N–H and O–H groups in total. The SMILES string of the molecule is COc1ccc(N2C[C@@H](C(=O)N3CCC[C@H](c4ccn(C)n4)C3)CC2=O)cc1. The lowest BCUT2D eigenvalue weighted by Gasteiger charge is -2.33. The molecule has 148 valence electrons. The molecule has 4 rings (SSSR count). The molecule has 3 heterocycles. The average molecular weight is 382 g/mol. The van der Waals surface area contributed by atoms with Gasteiger partial charge in [0, 0.05) is 50.9 Å². The van der Waals surface area contributed by atoms with Gasteiger partial charge in [-0.15, -0.1) is 0 Å². The Morgan fingerprint density at radius 2 is 1.96 bits per heavy atom. The summed E-state index contributed by atoms with van der Waals surface area (Å²) in [7, 11) is 3.52. The van der Waals surface area contributed by atoms with Gasteiger partial charge in [-0.2, -0.15) is 5.10 Å². The number of amides is 2. The van der Waals surface area contributed by atoms with Crippen molar-refractivity contribution in [2.24, 2.45) is 13.0 Å². The van der Waals surface area contributed by atoms with Gasteiger partial charge in [0.05, 0.1) is 18.7 Å². The van der Waals surface area contributed by atoms with Crippen LogP contribution < -0.4 is 9.64 Å². The molecule has 0 saturated carbocycles. The number of anilines is 1. The number of carbonyl (C=O) groups excluding carboxylic acids is 2. The lowest BCUT2D eigenvalue weighted by molar-refractivity contribution is -0.137. The highest BCUT2D eigenvalue weighted by Gasteiger charge is 2.38. The predicted octanol–water partition coefficient (Wildman–Crippen LogP) is 2.19. The van der Waals surface area contributed by atoms with Gasteiger partial charge in [0.1, 0.15) is 5.75 Å². The Morgan fingerprint density at radius 3 is 2.64 bits per heavy atom. The van der Waals surface area contributed by atoms with Crippen molar-refractivity contribution in [1.82, 2.24) is 14.7 Å². The van der Waals surface area contributed by atoms with Gasteiger partial charge in [0.25, 0.3) is 0 Å². The minimum absolute atomic E-state index is 0.00167. The Balaban J connectivity index is 1.42. The predicted molar refractivity (Wildman–Crippen MR) is 105 cm³/mol. The highest BCUT2D eigenvalue weighted by molar-refractivity contribution is 6.00. The monoisotopic (exact) mass is 382 g/mol. The van der Waals surface area contributed by atoms with Crippen LogP contribution in [0.15, 0.2) is 36.5 Å². The molecule has 2 atom stereocenters. The zero-order valence-corrected chi connectivity index (χ0v) is 16.4. The number of hydrogen-bond donors (Lipinski definition) is 0. The standard InChI is InChI=1S/C21H26N4O3/c1-23-11-9-19(22-23)15-4-3-10-24(13-15)21(27)16-12-20(26)25(14-16)17-5-7-18(28-2)8-6-17/h5-9,11,15-16H,3-4,10,12-14H2,1-2H3/t15-,16-/m0/s1. The first-order valence-corrected chi connectivity index (χ1v) is 9.78. The Kier molecular flexibility index (Phi) is 5.07. The summed E-state index contributed by atoms with van der Waals surface area (Å²) in [5, 5.41) is 4.51.